The molecule has 5 nitrogen and oxygen atoms in total. The van der Waals surface area contributed by atoms with Gasteiger partial charge >= 0.3 is 0 Å². The summed E-state index contributed by atoms with van der Waals surface area (Å²) in [5, 5.41) is 0. The lowest BCUT2D eigenvalue weighted by molar-refractivity contribution is 0.164. The number of rotatable bonds is 3. The number of thiophene rings is 1. The van der Waals surface area contributed by atoms with E-state index in [0.717, 1.165) is 16.3 Å². The van der Waals surface area contributed by atoms with Crippen molar-refractivity contribution in [2.75, 3.05) is 33.2 Å². The highest BCUT2D eigenvalue weighted by Gasteiger charge is 2.35. The van der Waals surface area contributed by atoms with Gasteiger partial charge in [0.05, 0.1) is 10.9 Å². The van der Waals surface area contributed by atoms with Crippen LogP contribution in [0.4, 0.5) is 0 Å². The van der Waals surface area contributed by atoms with E-state index < -0.39 is 10.0 Å². The van der Waals surface area contributed by atoms with Crippen LogP contribution in [0, 0.1) is 13.8 Å². The van der Waals surface area contributed by atoms with Crippen LogP contribution in [-0.4, -0.2) is 56.9 Å². The van der Waals surface area contributed by atoms with E-state index >= 15 is 0 Å². The van der Waals surface area contributed by atoms with Gasteiger partial charge in [0.1, 0.15) is 0 Å². The maximum atomic E-state index is 12.8. The van der Waals surface area contributed by atoms with Crippen molar-refractivity contribution in [3.05, 3.63) is 15.8 Å². The Morgan fingerprint density at radius 1 is 1.42 bits per heavy atom. The lowest BCUT2D eigenvalue weighted by atomic mass is 10.2. The van der Waals surface area contributed by atoms with E-state index in [1.54, 1.807) is 10.4 Å². The molecule has 1 aliphatic rings. The number of piperazine rings is 1. The molecule has 0 aliphatic carbocycles. The van der Waals surface area contributed by atoms with Crippen molar-refractivity contribution in [3.63, 3.8) is 0 Å². The standard InChI is InChI=1S/C12H21N3O2S2/c1-9-6-12(10(2)18-9)19(16,17)15-5-4-14(3)8-11(15)7-13/h6,11H,4-5,7-8,13H2,1-3H3. The Hall–Kier alpha value is -0.470. The Bertz CT molecular complexity index is 553. The van der Waals surface area contributed by atoms with Gasteiger partial charge in [-0.05, 0) is 27.0 Å². The summed E-state index contributed by atoms with van der Waals surface area (Å²) in [7, 11) is -1.43. The van der Waals surface area contributed by atoms with Crippen molar-refractivity contribution in [1.82, 2.24) is 9.21 Å². The molecule has 2 N–H and O–H groups in total. The van der Waals surface area contributed by atoms with Crippen molar-refractivity contribution >= 4 is 21.4 Å². The minimum absolute atomic E-state index is 0.136. The number of sulfonamides is 1. The number of likely N-dealkylation sites (N-methyl/N-ethyl adjacent to an activating group) is 1. The van der Waals surface area contributed by atoms with E-state index in [1.165, 1.54) is 11.3 Å². The van der Waals surface area contributed by atoms with E-state index in [9.17, 15) is 8.42 Å². The van der Waals surface area contributed by atoms with Crippen LogP contribution in [0.3, 0.4) is 0 Å². The first-order valence-corrected chi connectivity index (χ1v) is 8.59. The van der Waals surface area contributed by atoms with E-state index in [0.29, 0.717) is 24.5 Å². The van der Waals surface area contributed by atoms with Gasteiger partial charge in [-0.2, -0.15) is 4.31 Å². The number of hydrogen-bond acceptors (Lipinski definition) is 5. The molecular weight excluding hydrogens is 282 g/mol. The van der Waals surface area contributed by atoms with E-state index in [1.807, 2.05) is 20.9 Å². The van der Waals surface area contributed by atoms with Crippen molar-refractivity contribution < 1.29 is 8.42 Å². The fourth-order valence-electron chi connectivity index (χ4n) is 2.49. The largest absolute Gasteiger partial charge is 0.329 e. The summed E-state index contributed by atoms with van der Waals surface area (Å²) >= 11 is 1.52. The molecule has 0 radical (unpaired) electrons. The highest BCUT2D eigenvalue weighted by Crippen LogP contribution is 2.29. The molecule has 1 fully saturated rings. The predicted molar refractivity (Wildman–Crippen MR) is 78.0 cm³/mol. The molecule has 1 saturated heterocycles. The topological polar surface area (TPSA) is 66.6 Å². The predicted octanol–water partition coefficient (Wildman–Crippen LogP) is 0.628. The quantitative estimate of drug-likeness (QED) is 0.889. The molecule has 0 aromatic carbocycles. The van der Waals surface area contributed by atoms with Gasteiger partial charge in [-0.3, -0.25) is 0 Å². The number of aryl methyl sites for hydroxylation is 2. The highest BCUT2D eigenvalue weighted by atomic mass is 32.2. The third-order valence-corrected chi connectivity index (χ3v) is 6.66. The molecule has 7 heteroatoms. The fraction of sp³-hybridized carbons (Fsp3) is 0.667. The summed E-state index contributed by atoms with van der Waals surface area (Å²) in [6.45, 7) is 6.09. The summed E-state index contributed by atoms with van der Waals surface area (Å²) in [6.07, 6.45) is 0. The first-order valence-electron chi connectivity index (χ1n) is 6.33. The third-order valence-electron chi connectivity index (χ3n) is 3.49. The van der Waals surface area contributed by atoms with Crippen LogP contribution >= 0.6 is 11.3 Å². The van der Waals surface area contributed by atoms with Gasteiger partial charge in [0.15, 0.2) is 0 Å². The molecular formula is C12H21N3O2S2. The Kier molecular flexibility index (Phi) is 4.32. The maximum absolute atomic E-state index is 12.8. The zero-order chi connectivity index (χ0) is 14.2. The van der Waals surface area contributed by atoms with E-state index in [4.69, 9.17) is 5.73 Å². The molecule has 1 unspecified atom stereocenters. The van der Waals surface area contributed by atoms with Crippen molar-refractivity contribution in [3.8, 4) is 0 Å². The molecule has 1 atom stereocenters. The lowest BCUT2D eigenvalue weighted by Crippen LogP contribution is -2.56. The van der Waals surface area contributed by atoms with Gasteiger partial charge in [0, 0.05) is 35.9 Å². The molecule has 0 spiro atoms. The van der Waals surface area contributed by atoms with Crippen LogP contribution in [0.5, 0.6) is 0 Å². The third kappa shape index (κ3) is 2.85. The number of nitrogens with two attached hydrogens (primary N) is 1. The van der Waals surface area contributed by atoms with Crippen LogP contribution in [0.15, 0.2) is 11.0 Å². The second-order valence-electron chi connectivity index (χ2n) is 5.05. The molecule has 1 aliphatic heterocycles. The molecule has 0 bridgehead atoms. The summed E-state index contributed by atoms with van der Waals surface area (Å²) in [4.78, 5) is 4.44. The molecule has 2 heterocycles. The Labute approximate surface area is 119 Å². The number of nitrogens with zero attached hydrogens (tertiary/aromatic N) is 2. The molecule has 19 heavy (non-hydrogen) atoms. The molecule has 1 aromatic rings. The molecule has 1 aromatic heterocycles. The fourth-order valence-corrected chi connectivity index (χ4v) is 5.64. The van der Waals surface area contributed by atoms with Crippen LogP contribution in [0.25, 0.3) is 0 Å². The van der Waals surface area contributed by atoms with Gasteiger partial charge in [0.2, 0.25) is 10.0 Å². The second-order valence-corrected chi connectivity index (χ2v) is 8.36. The zero-order valence-corrected chi connectivity index (χ0v) is 13.2. The summed E-state index contributed by atoms with van der Waals surface area (Å²) in [6, 6.07) is 1.63. The Morgan fingerprint density at radius 3 is 2.63 bits per heavy atom. The molecule has 108 valence electrons. The zero-order valence-electron chi connectivity index (χ0n) is 11.6. The van der Waals surface area contributed by atoms with Crippen LogP contribution < -0.4 is 5.73 Å². The molecule has 2 rings (SSSR count). The summed E-state index contributed by atoms with van der Waals surface area (Å²) in [5.74, 6) is 0. The first-order chi connectivity index (χ1) is 8.86. The molecule has 0 saturated carbocycles. The van der Waals surface area contributed by atoms with Crippen LogP contribution in [0.1, 0.15) is 9.75 Å². The van der Waals surface area contributed by atoms with Gasteiger partial charge < -0.3 is 10.6 Å². The van der Waals surface area contributed by atoms with Gasteiger partial charge in [-0.15, -0.1) is 11.3 Å². The number of hydrogen-bond donors (Lipinski definition) is 1. The normalized spacial score (nSPS) is 22.8. The van der Waals surface area contributed by atoms with Crippen molar-refractivity contribution in [2.45, 2.75) is 24.8 Å². The highest BCUT2D eigenvalue weighted by molar-refractivity contribution is 7.89. The minimum atomic E-state index is -3.42. The van der Waals surface area contributed by atoms with Crippen molar-refractivity contribution in [2.24, 2.45) is 5.73 Å². The molecule has 0 amide bonds. The second kappa shape index (κ2) is 5.49. The van der Waals surface area contributed by atoms with E-state index in [2.05, 4.69) is 4.90 Å². The van der Waals surface area contributed by atoms with Gasteiger partial charge in [-0.1, -0.05) is 0 Å². The average Bonchev–Trinajstić information content (AvgIpc) is 2.68. The first kappa shape index (κ1) is 14.9. The van der Waals surface area contributed by atoms with Gasteiger partial charge in [0.25, 0.3) is 0 Å². The maximum Gasteiger partial charge on any atom is 0.244 e. The summed E-state index contributed by atoms with van der Waals surface area (Å²) in [5.41, 5.74) is 5.74. The Balaban J connectivity index is 2.36. The average molecular weight is 303 g/mol. The van der Waals surface area contributed by atoms with Gasteiger partial charge in [-0.25, -0.2) is 8.42 Å². The lowest BCUT2D eigenvalue weighted by Gasteiger charge is -2.38. The van der Waals surface area contributed by atoms with Crippen LogP contribution in [0.2, 0.25) is 0 Å². The monoisotopic (exact) mass is 303 g/mol. The van der Waals surface area contributed by atoms with Crippen molar-refractivity contribution in [1.29, 1.82) is 0 Å². The van der Waals surface area contributed by atoms with Crippen LogP contribution in [-0.2, 0) is 10.0 Å². The summed E-state index contributed by atoms with van der Waals surface area (Å²) < 4.78 is 27.1. The smallest absolute Gasteiger partial charge is 0.244 e. The Morgan fingerprint density at radius 2 is 2.11 bits per heavy atom. The van der Waals surface area contributed by atoms with E-state index in [-0.39, 0.29) is 6.04 Å². The minimum Gasteiger partial charge on any atom is -0.329 e. The SMILES string of the molecule is Cc1cc(S(=O)(=O)N2CCN(C)CC2CN)c(C)s1.